The van der Waals surface area contributed by atoms with Gasteiger partial charge in [-0.3, -0.25) is 14.6 Å². The number of amides is 2. The molecule has 0 radical (unpaired) electrons. The maximum atomic E-state index is 11.9. The zero-order chi connectivity index (χ0) is 13.7. The quantitative estimate of drug-likeness (QED) is 0.815. The van der Waals surface area contributed by atoms with Gasteiger partial charge in [-0.15, -0.1) is 0 Å². The number of nitrogens with zero attached hydrogens (tertiary/aromatic N) is 2. The van der Waals surface area contributed by atoms with Gasteiger partial charge in [0, 0.05) is 44.6 Å². The third-order valence-corrected chi connectivity index (χ3v) is 3.06. The van der Waals surface area contributed by atoms with Crippen LogP contribution in [-0.2, 0) is 9.53 Å². The number of methoxy groups -OCH3 is 1. The standard InChI is InChI=1S/C13H17N3O3/c1-19-7-6-16-9-11(8-12(16)17)15-13(18)10-2-4-14-5-3-10/h2-5,11H,6-9H2,1H3,(H,15,18)/t11-/m1/s1. The highest BCUT2D eigenvalue weighted by molar-refractivity contribution is 5.94. The number of likely N-dealkylation sites (tertiary alicyclic amines) is 1. The van der Waals surface area contributed by atoms with Crippen LogP contribution in [0.3, 0.4) is 0 Å². The summed E-state index contributed by atoms with van der Waals surface area (Å²) in [5.41, 5.74) is 0.554. The lowest BCUT2D eigenvalue weighted by Crippen LogP contribution is -2.37. The highest BCUT2D eigenvalue weighted by Gasteiger charge is 2.30. The predicted octanol–water partition coefficient (Wildman–Crippen LogP) is 0.0587. The minimum absolute atomic E-state index is 0.0529. The van der Waals surface area contributed by atoms with Gasteiger partial charge in [0.1, 0.15) is 0 Å². The molecule has 1 atom stereocenters. The molecule has 2 rings (SSSR count). The molecule has 1 aliphatic rings. The van der Waals surface area contributed by atoms with E-state index in [2.05, 4.69) is 10.3 Å². The number of nitrogens with one attached hydrogen (secondary N) is 1. The molecule has 0 unspecified atom stereocenters. The second-order valence-electron chi connectivity index (χ2n) is 4.44. The second-order valence-corrected chi connectivity index (χ2v) is 4.44. The van der Waals surface area contributed by atoms with Gasteiger partial charge < -0.3 is 15.0 Å². The molecule has 1 N–H and O–H groups in total. The molecule has 0 aromatic carbocycles. The van der Waals surface area contributed by atoms with E-state index in [0.29, 0.717) is 31.7 Å². The van der Waals surface area contributed by atoms with E-state index in [9.17, 15) is 9.59 Å². The van der Waals surface area contributed by atoms with Crippen molar-refractivity contribution in [3.05, 3.63) is 30.1 Å². The molecule has 2 amide bonds. The van der Waals surface area contributed by atoms with Crippen LogP contribution in [-0.4, -0.2) is 54.5 Å². The fraction of sp³-hybridized carbons (Fsp3) is 0.462. The Morgan fingerprint density at radius 1 is 1.53 bits per heavy atom. The van der Waals surface area contributed by atoms with Gasteiger partial charge in [0.2, 0.25) is 5.91 Å². The van der Waals surface area contributed by atoms with Crippen molar-refractivity contribution in [2.45, 2.75) is 12.5 Å². The first-order valence-corrected chi connectivity index (χ1v) is 6.18. The second kappa shape index (κ2) is 6.29. The summed E-state index contributed by atoms with van der Waals surface area (Å²) in [5.74, 6) is -0.120. The molecule has 19 heavy (non-hydrogen) atoms. The summed E-state index contributed by atoms with van der Waals surface area (Å²) in [6.45, 7) is 1.62. The lowest BCUT2D eigenvalue weighted by atomic mass is 10.2. The van der Waals surface area contributed by atoms with Crippen LogP contribution < -0.4 is 5.32 Å². The molecule has 1 aliphatic heterocycles. The zero-order valence-electron chi connectivity index (χ0n) is 10.8. The normalized spacial score (nSPS) is 18.7. The van der Waals surface area contributed by atoms with E-state index < -0.39 is 0 Å². The van der Waals surface area contributed by atoms with E-state index in [0.717, 1.165) is 0 Å². The van der Waals surface area contributed by atoms with E-state index in [1.807, 2.05) is 0 Å². The molecule has 102 valence electrons. The molecule has 0 aliphatic carbocycles. The minimum atomic E-state index is -0.172. The van der Waals surface area contributed by atoms with Crippen LogP contribution in [0.1, 0.15) is 16.8 Å². The lowest BCUT2D eigenvalue weighted by Gasteiger charge is -2.16. The molecule has 1 aromatic heterocycles. The largest absolute Gasteiger partial charge is 0.383 e. The molecule has 1 saturated heterocycles. The maximum Gasteiger partial charge on any atom is 0.251 e. The highest BCUT2D eigenvalue weighted by Crippen LogP contribution is 2.11. The average Bonchev–Trinajstić information content (AvgIpc) is 2.77. The fourth-order valence-electron chi connectivity index (χ4n) is 2.06. The molecule has 0 saturated carbocycles. The van der Waals surface area contributed by atoms with Crippen LogP contribution in [0, 0.1) is 0 Å². The zero-order valence-corrected chi connectivity index (χ0v) is 10.8. The Labute approximate surface area is 111 Å². The Morgan fingerprint density at radius 3 is 2.95 bits per heavy atom. The van der Waals surface area contributed by atoms with Gasteiger partial charge in [-0.05, 0) is 12.1 Å². The number of hydrogen-bond acceptors (Lipinski definition) is 4. The summed E-state index contributed by atoms with van der Waals surface area (Å²) in [5, 5.41) is 2.86. The molecule has 1 aromatic rings. The lowest BCUT2D eigenvalue weighted by molar-refractivity contribution is -0.128. The SMILES string of the molecule is COCCN1C[C@H](NC(=O)c2ccncc2)CC1=O. The minimum Gasteiger partial charge on any atom is -0.383 e. The van der Waals surface area contributed by atoms with Crippen molar-refractivity contribution in [2.24, 2.45) is 0 Å². The summed E-state index contributed by atoms with van der Waals surface area (Å²) in [6, 6.07) is 3.16. The number of hydrogen-bond donors (Lipinski definition) is 1. The van der Waals surface area contributed by atoms with Gasteiger partial charge in [0.25, 0.3) is 5.91 Å². The van der Waals surface area contributed by atoms with Gasteiger partial charge in [-0.25, -0.2) is 0 Å². The van der Waals surface area contributed by atoms with Gasteiger partial charge in [0.15, 0.2) is 0 Å². The fourth-order valence-corrected chi connectivity index (χ4v) is 2.06. The van der Waals surface area contributed by atoms with Crippen LogP contribution in [0.15, 0.2) is 24.5 Å². The molecular formula is C13H17N3O3. The van der Waals surface area contributed by atoms with Gasteiger partial charge >= 0.3 is 0 Å². The van der Waals surface area contributed by atoms with Crippen LogP contribution in [0.25, 0.3) is 0 Å². The molecule has 0 bridgehead atoms. The van der Waals surface area contributed by atoms with E-state index >= 15 is 0 Å². The summed E-state index contributed by atoms with van der Waals surface area (Å²) in [7, 11) is 1.60. The van der Waals surface area contributed by atoms with E-state index in [1.165, 1.54) is 0 Å². The first-order chi connectivity index (χ1) is 9.20. The molecule has 1 fully saturated rings. The van der Waals surface area contributed by atoms with Gasteiger partial charge in [-0.1, -0.05) is 0 Å². The molecule has 2 heterocycles. The predicted molar refractivity (Wildman–Crippen MR) is 68.6 cm³/mol. The van der Waals surface area contributed by atoms with E-state index in [1.54, 1.807) is 36.5 Å². The highest BCUT2D eigenvalue weighted by atomic mass is 16.5. The topological polar surface area (TPSA) is 71.5 Å². The van der Waals surface area contributed by atoms with Crippen molar-refractivity contribution < 1.29 is 14.3 Å². The number of carbonyl (C=O) groups is 2. The van der Waals surface area contributed by atoms with Crippen LogP contribution in [0.4, 0.5) is 0 Å². The van der Waals surface area contributed by atoms with Crippen molar-refractivity contribution in [3.8, 4) is 0 Å². The Balaban J connectivity index is 1.88. The number of aromatic nitrogens is 1. The Kier molecular flexibility index (Phi) is 4.46. The van der Waals surface area contributed by atoms with Crippen LogP contribution >= 0.6 is 0 Å². The van der Waals surface area contributed by atoms with Gasteiger partial charge in [0.05, 0.1) is 12.6 Å². The summed E-state index contributed by atoms with van der Waals surface area (Å²) in [6.07, 6.45) is 3.49. The summed E-state index contributed by atoms with van der Waals surface area (Å²) >= 11 is 0. The Bertz CT molecular complexity index is 450. The first kappa shape index (κ1) is 13.5. The van der Waals surface area contributed by atoms with Crippen molar-refractivity contribution in [1.82, 2.24) is 15.2 Å². The molecule has 0 spiro atoms. The van der Waals surface area contributed by atoms with Crippen molar-refractivity contribution >= 4 is 11.8 Å². The van der Waals surface area contributed by atoms with E-state index in [-0.39, 0.29) is 17.9 Å². The maximum absolute atomic E-state index is 11.9. The van der Waals surface area contributed by atoms with Crippen molar-refractivity contribution in [2.75, 3.05) is 26.8 Å². The molecular weight excluding hydrogens is 246 g/mol. The molecule has 6 heteroatoms. The van der Waals surface area contributed by atoms with Crippen molar-refractivity contribution in [1.29, 1.82) is 0 Å². The van der Waals surface area contributed by atoms with E-state index in [4.69, 9.17) is 4.74 Å². The number of rotatable bonds is 5. The smallest absolute Gasteiger partial charge is 0.251 e. The monoisotopic (exact) mass is 263 g/mol. The summed E-state index contributed by atoms with van der Waals surface area (Å²) in [4.78, 5) is 29.2. The van der Waals surface area contributed by atoms with Gasteiger partial charge in [-0.2, -0.15) is 0 Å². The average molecular weight is 263 g/mol. The Hall–Kier alpha value is -1.95. The first-order valence-electron chi connectivity index (χ1n) is 6.18. The Morgan fingerprint density at radius 2 is 2.26 bits per heavy atom. The van der Waals surface area contributed by atoms with Crippen LogP contribution in [0.2, 0.25) is 0 Å². The number of ether oxygens (including phenoxy) is 1. The van der Waals surface area contributed by atoms with Crippen molar-refractivity contribution in [3.63, 3.8) is 0 Å². The summed E-state index contributed by atoms with van der Waals surface area (Å²) < 4.78 is 4.95. The van der Waals surface area contributed by atoms with Crippen LogP contribution in [0.5, 0.6) is 0 Å². The number of pyridine rings is 1. The third kappa shape index (κ3) is 3.51. The third-order valence-electron chi connectivity index (χ3n) is 3.06. The number of carbonyl (C=O) groups excluding carboxylic acids is 2. The molecule has 6 nitrogen and oxygen atoms in total.